The Balaban J connectivity index is 2.05. The molecule has 28 heavy (non-hydrogen) atoms. The maximum Gasteiger partial charge on any atom is 0.329 e. The number of anilines is 1. The minimum absolute atomic E-state index is 0.0643. The van der Waals surface area contributed by atoms with E-state index in [-0.39, 0.29) is 23.5 Å². The first-order valence-electron chi connectivity index (χ1n) is 8.96. The van der Waals surface area contributed by atoms with Gasteiger partial charge in [-0.05, 0) is 21.0 Å². The summed E-state index contributed by atoms with van der Waals surface area (Å²) in [5.74, 6) is 0.229. The first-order chi connectivity index (χ1) is 13.3. The Kier molecular flexibility index (Phi) is 5.46. The monoisotopic (exact) mass is 384 g/mol. The van der Waals surface area contributed by atoms with E-state index in [1.807, 2.05) is 38.1 Å². The number of fused-ring (bicyclic) bond motifs is 1. The number of H-pyrrole nitrogens is 1. The third-order valence-corrected chi connectivity index (χ3v) is 4.52. The van der Waals surface area contributed by atoms with Gasteiger partial charge in [0.1, 0.15) is 0 Å². The van der Waals surface area contributed by atoms with Gasteiger partial charge in [0.05, 0.1) is 6.54 Å². The summed E-state index contributed by atoms with van der Waals surface area (Å²) in [6.07, 6.45) is 0. The molecule has 2 heterocycles. The number of aryl methyl sites for hydroxylation is 2. The molecular formula is C19H24N6O3. The van der Waals surface area contributed by atoms with Crippen LogP contribution in [0.5, 0.6) is 0 Å². The van der Waals surface area contributed by atoms with Gasteiger partial charge < -0.3 is 10.2 Å². The van der Waals surface area contributed by atoms with Crippen molar-refractivity contribution >= 4 is 22.9 Å². The van der Waals surface area contributed by atoms with Gasteiger partial charge in [0.25, 0.3) is 5.56 Å². The summed E-state index contributed by atoms with van der Waals surface area (Å²) in [5, 5.41) is 3.16. The van der Waals surface area contributed by atoms with Crippen molar-refractivity contribution in [1.29, 1.82) is 0 Å². The van der Waals surface area contributed by atoms with E-state index in [0.717, 1.165) is 12.1 Å². The number of likely N-dealkylation sites (N-methyl/N-ethyl adjacent to an activating group) is 1. The van der Waals surface area contributed by atoms with Crippen molar-refractivity contribution in [2.45, 2.75) is 13.5 Å². The van der Waals surface area contributed by atoms with Crippen LogP contribution in [-0.2, 0) is 13.6 Å². The third kappa shape index (κ3) is 3.89. The summed E-state index contributed by atoms with van der Waals surface area (Å²) < 4.78 is 2.80. The Bertz CT molecular complexity index is 1120. The van der Waals surface area contributed by atoms with Gasteiger partial charge in [0, 0.05) is 25.7 Å². The predicted molar refractivity (Wildman–Crippen MR) is 108 cm³/mol. The highest BCUT2D eigenvalue weighted by Crippen LogP contribution is 2.17. The fourth-order valence-electron chi connectivity index (χ4n) is 2.89. The van der Waals surface area contributed by atoms with Gasteiger partial charge in [-0.25, -0.2) is 4.79 Å². The van der Waals surface area contributed by atoms with Crippen molar-refractivity contribution in [3.8, 4) is 0 Å². The number of nitrogens with one attached hydrogen (secondary N) is 2. The minimum atomic E-state index is -0.567. The second-order valence-corrected chi connectivity index (χ2v) is 7.03. The van der Waals surface area contributed by atoms with Crippen molar-refractivity contribution < 1.29 is 4.79 Å². The smallest absolute Gasteiger partial charge is 0.329 e. The van der Waals surface area contributed by atoms with E-state index in [1.54, 1.807) is 12.1 Å². The Morgan fingerprint density at radius 2 is 1.89 bits per heavy atom. The molecule has 1 aromatic carbocycles. The molecule has 0 fully saturated rings. The van der Waals surface area contributed by atoms with Gasteiger partial charge in [-0.1, -0.05) is 29.8 Å². The molecule has 0 aliphatic carbocycles. The number of carbonyl (C=O) groups is 1. The molecule has 3 rings (SSSR count). The number of imidazole rings is 1. The number of aromatic amines is 1. The highest BCUT2D eigenvalue weighted by molar-refractivity contribution is 5.97. The number of hydrogen-bond acceptors (Lipinski definition) is 6. The molecule has 2 aromatic heterocycles. The molecule has 0 amide bonds. The average Bonchev–Trinajstić information content (AvgIpc) is 2.99. The lowest BCUT2D eigenvalue weighted by molar-refractivity contribution is 0.0974. The summed E-state index contributed by atoms with van der Waals surface area (Å²) in [5.41, 5.74) is 0.914. The maximum atomic E-state index is 12.8. The molecule has 0 spiro atoms. The topological polar surface area (TPSA) is 105 Å². The zero-order chi connectivity index (χ0) is 20.4. The first kappa shape index (κ1) is 19.6. The van der Waals surface area contributed by atoms with E-state index in [0.29, 0.717) is 18.1 Å². The lowest BCUT2D eigenvalue weighted by atomic mass is 10.1. The summed E-state index contributed by atoms with van der Waals surface area (Å²) in [6.45, 7) is 3.20. The molecule has 0 atom stereocenters. The Labute approximate surface area is 161 Å². The number of rotatable bonds is 7. The van der Waals surface area contributed by atoms with Crippen LogP contribution in [0, 0.1) is 6.92 Å². The first-order valence-corrected chi connectivity index (χ1v) is 8.96. The van der Waals surface area contributed by atoms with Crippen LogP contribution in [0.25, 0.3) is 11.2 Å². The van der Waals surface area contributed by atoms with Crippen LogP contribution in [0.2, 0.25) is 0 Å². The van der Waals surface area contributed by atoms with Crippen molar-refractivity contribution in [3.05, 3.63) is 56.2 Å². The van der Waals surface area contributed by atoms with Crippen molar-refractivity contribution in [1.82, 2.24) is 24.0 Å². The minimum Gasteiger partial charge on any atom is -0.354 e. The molecule has 0 aliphatic heterocycles. The lowest BCUT2D eigenvalue weighted by Gasteiger charge is -2.12. The van der Waals surface area contributed by atoms with Gasteiger partial charge in [-0.2, -0.15) is 4.98 Å². The van der Waals surface area contributed by atoms with Crippen LogP contribution in [0.4, 0.5) is 5.95 Å². The quantitative estimate of drug-likeness (QED) is 0.578. The molecule has 0 saturated heterocycles. The van der Waals surface area contributed by atoms with Crippen LogP contribution in [0.3, 0.4) is 0 Å². The average molecular weight is 384 g/mol. The zero-order valence-electron chi connectivity index (χ0n) is 16.4. The summed E-state index contributed by atoms with van der Waals surface area (Å²) in [6, 6.07) is 7.25. The maximum absolute atomic E-state index is 12.8. The molecule has 0 aliphatic rings. The van der Waals surface area contributed by atoms with E-state index < -0.39 is 11.2 Å². The summed E-state index contributed by atoms with van der Waals surface area (Å²) >= 11 is 0. The second-order valence-electron chi connectivity index (χ2n) is 7.03. The fraction of sp³-hybridized carbons (Fsp3) is 0.368. The number of aromatic nitrogens is 4. The molecule has 9 heteroatoms. The van der Waals surface area contributed by atoms with Gasteiger partial charge >= 0.3 is 5.69 Å². The molecule has 148 valence electrons. The Morgan fingerprint density at radius 1 is 1.21 bits per heavy atom. The molecule has 9 nitrogen and oxygen atoms in total. The normalized spacial score (nSPS) is 11.3. The number of Topliss-reactive ketones (excluding diaryl/α,β-unsaturated/α-hetero) is 1. The summed E-state index contributed by atoms with van der Waals surface area (Å²) in [4.78, 5) is 45.9. The zero-order valence-corrected chi connectivity index (χ0v) is 16.4. The molecule has 0 radical (unpaired) electrons. The second kappa shape index (κ2) is 7.81. The third-order valence-electron chi connectivity index (χ3n) is 4.52. The molecular weight excluding hydrogens is 360 g/mol. The number of benzene rings is 1. The van der Waals surface area contributed by atoms with E-state index in [4.69, 9.17) is 0 Å². The standard InChI is InChI=1S/C19H24N6O3/c1-12-5-7-13(8-6-12)14(26)11-25-15-16(24(4)19(28)22-17(15)27)21-18(25)20-9-10-23(2)3/h5-8H,9-11H2,1-4H3,(H,20,21)(H,22,27,28). The van der Waals surface area contributed by atoms with E-state index >= 15 is 0 Å². The van der Waals surface area contributed by atoms with Crippen molar-refractivity contribution in [2.75, 3.05) is 32.5 Å². The number of carbonyl (C=O) groups excluding carboxylic acids is 1. The highest BCUT2D eigenvalue weighted by atomic mass is 16.2. The lowest BCUT2D eigenvalue weighted by Crippen LogP contribution is -2.29. The SMILES string of the molecule is Cc1ccc(C(=O)Cn2c(NCCN(C)C)nc3c2c(=O)[nH]c(=O)n3C)cc1. The Hall–Kier alpha value is -3.20. The summed E-state index contributed by atoms with van der Waals surface area (Å²) in [7, 11) is 5.42. The van der Waals surface area contributed by atoms with Gasteiger partial charge in [-0.15, -0.1) is 0 Å². The van der Waals surface area contributed by atoms with E-state index in [1.165, 1.54) is 16.2 Å². The largest absolute Gasteiger partial charge is 0.354 e. The molecule has 0 saturated carbocycles. The van der Waals surface area contributed by atoms with Crippen molar-refractivity contribution in [3.63, 3.8) is 0 Å². The number of ketones is 1. The van der Waals surface area contributed by atoms with Gasteiger partial charge in [-0.3, -0.25) is 23.7 Å². The van der Waals surface area contributed by atoms with Crippen LogP contribution in [-0.4, -0.2) is 57.0 Å². The van der Waals surface area contributed by atoms with Crippen LogP contribution < -0.4 is 16.6 Å². The number of nitrogens with zero attached hydrogens (tertiary/aromatic N) is 4. The predicted octanol–water partition coefficient (Wildman–Crippen LogP) is 0.588. The molecule has 3 aromatic rings. The van der Waals surface area contributed by atoms with Gasteiger partial charge in [0.15, 0.2) is 16.9 Å². The van der Waals surface area contributed by atoms with Crippen LogP contribution in [0.15, 0.2) is 33.9 Å². The molecule has 0 bridgehead atoms. The van der Waals surface area contributed by atoms with Crippen LogP contribution >= 0.6 is 0 Å². The molecule has 0 unspecified atom stereocenters. The number of hydrogen-bond donors (Lipinski definition) is 2. The van der Waals surface area contributed by atoms with E-state index in [2.05, 4.69) is 15.3 Å². The fourth-order valence-corrected chi connectivity index (χ4v) is 2.89. The van der Waals surface area contributed by atoms with Crippen molar-refractivity contribution in [2.24, 2.45) is 7.05 Å². The van der Waals surface area contributed by atoms with Crippen LogP contribution in [0.1, 0.15) is 15.9 Å². The highest BCUT2D eigenvalue weighted by Gasteiger charge is 2.19. The molecule has 2 N–H and O–H groups in total. The Morgan fingerprint density at radius 3 is 2.54 bits per heavy atom. The van der Waals surface area contributed by atoms with Gasteiger partial charge in [0.2, 0.25) is 5.95 Å². The van der Waals surface area contributed by atoms with E-state index in [9.17, 15) is 14.4 Å².